The van der Waals surface area contributed by atoms with Crippen molar-refractivity contribution in [3.8, 4) is 5.75 Å². The number of nitrogens with one attached hydrogen (secondary N) is 2. The van der Waals surface area contributed by atoms with Crippen LogP contribution in [0.15, 0.2) is 24.3 Å². The van der Waals surface area contributed by atoms with Gasteiger partial charge >= 0.3 is 0 Å². The first-order valence-electron chi connectivity index (χ1n) is 7.07. The number of anilines is 1. The lowest BCUT2D eigenvalue weighted by molar-refractivity contribution is -0.122. The maximum absolute atomic E-state index is 11.9. The SMILES string of the molecule is CCOc1ccc(N[C@H](NC(=O)CC(C)C)C(Cl)(Cl)Cl)cc1. The molecule has 0 saturated heterocycles. The molecule has 0 aliphatic rings. The summed E-state index contributed by atoms with van der Waals surface area (Å²) in [5, 5.41) is 5.71. The third-order valence-electron chi connectivity index (χ3n) is 2.70. The van der Waals surface area contributed by atoms with Crippen molar-refractivity contribution in [1.29, 1.82) is 0 Å². The summed E-state index contributed by atoms with van der Waals surface area (Å²) < 4.78 is 3.69. The Labute approximate surface area is 146 Å². The molecule has 1 aromatic carbocycles. The van der Waals surface area contributed by atoms with E-state index in [1.54, 1.807) is 24.3 Å². The normalized spacial score (nSPS) is 12.9. The second-order valence-corrected chi connectivity index (χ2v) is 7.61. The van der Waals surface area contributed by atoms with Gasteiger partial charge in [-0.3, -0.25) is 4.79 Å². The van der Waals surface area contributed by atoms with Crippen molar-refractivity contribution in [2.24, 2.45) is 5.92 Å². The summed E-state index contributed by atoms with van der Waals surface area (Å²) in [5.41, 5.74) is 0.713. The molecule has 2 N–H and O–H groups in total. The Morgan fingerprint density at radius 2 is 1.82 bits per heavy atom. The minimum absolute atomic E-state index is 0.176. The van der Waals surface area contributed by atoms with Gasteiger partial charge in [0.1, 0.15) is 11.9 Å². The van der Waals surface area contributed by atoms with Crippen molar-refractivity contribution in [3.63, 3.8) is 0 Å². The first kappa shape index (κ1) is 19.2. The van der Waals surface area contributed by atoms with Crippen molar-refractivity contribution in [3.05, 3.63) is 24.3 Å². The summed E-state index contributed by atoms with van der Waals surface area (Å²) in [7, 11) is 0. The van der Waals surface area contributed by atoms with Gasteiger partial charge in [-0.05, 0) is 37.1 Å². The number of hydrogen-bond donors (Lipinski definition) is 2. The highest BCUT2D eigenvalue weighted by molar-refractivity contribution is 6.68. The van der Waals surface area contributed by atoms with Gasteiger partial charge in [-0.15, -0.1) is 0 Å². The molecule has 0 radical (unpaired) electrons. The standard InChI is InChI=1S/C15H21Cl3N2O2/c1-4-22-12-7-5-11(6-8-12)19-14(15(16,17)18)20-13(21)9-10(2)3/h5-8,10,14,19H,4,9H2,1-3H3,(H,20,21)/t14-/m1/s1. The fourth-order valence-corrected chi connectivity index (χ4v) is 2.10. The predicted molar refractivity (Wildman–Crippen MR) is 92.9 cm³/mol. The average Bonchev–Trinajstić information content (AvgIpc) is 2.38. The summed E-state index contributed by atoms with van der Waals surface area (Å²) in [4.78, 5) is 11.9. The second-order valence-electron chi connectivity index (χ2n) is 5.24. The average molecular weight is 368 g/mol. The molecule has 0 saturated carbocycles. The topological polar surface area (TPSA) is 50.4 Å². The van der Waals surface area contributed by atoms with Gasteiger partial charge in [0.25, 0.3) is 0 Å². The van der Waals surface area contributed by atoms with E-state index in [4.69, 9.17) is 39.5 Å². The summed E-state index contributed by atoms with van der Waals surface area (Å²) in [6, 6.07) is 7.19. The van der Waals surface area contributed by atoms with E-state index in [2.05, 4.69) is 10.6 Å². The molecular formula is C15H21Cl3N2O2. The van der Waals surface area contributed by atoms with Gasteiger partial charge in [0.2, 0.25) is 9.70 Å². The van der Waals surface area contributed by atoms with Gasteiger partial charge in [-0.2, -0.15) is 0 Å². The van der Waals surface area contributed by atoms with E-state index in [0.29, 0.717) is 18.7 Å². The third-order valence-corrected chi connectivity index (χ3v) is 3.36. The number of hydrogen-bond acceptors (Lipinski definition) is 3. The maximum atomic E-state index is 11.9. The van der Waals surface area contributed by atoms with E-state index in [1.807, 2.05) is 20.8 Å². The van der Waals surface area contributed by atoms with Crippen LogP contribution in [0.2, 0.25) is 0 Å². The maximum Gasteiger partial charge on any atom is 0.228 e. The number of halogens is 3. The van der Waals surface area contributed by atoms with E-state index >= 15 is 0 Å². The van der Waals surface area contributed by atoms with Gasteiger partial charge in [-0.25, -0.2) is 0 Å². The zero-order valence-electron chi connectivity index (χ0n) is 12.8. The minimum atomic E-state index is -1.68. The molecule has 1 aromatic rings. The fraction of sp³-hybridized carbons (Fsp3) is 0.533. The molecule has 0 bridgehead atoms. The van der Waals surface area contributed by atoms with Gasteiger partial charge in [0, 0.05) is 12.1 Å². The van der Waals surface area contributed by atoms with Crippen LogP contribution in [0.25, 0.3) is 0 Å². The molecule has 0 spiro atoms. The number of carbonyl (C=O) groups excluding carboxylic acids is 1. The van der Waals surface area contributed by atoms with Crippen LogP contribution < -0.4 is 15.4 Å². The van der Waals surface area contributed by atoms with Gasteiger partial charge in [-0.1, -0.05) is 48.7 Å². The molecule has 4 nitrogen and oxygen atoms in total. The predicted octanol–water partition coefficient (Wildman–Crippen LogP) is 4.36. The number of rotatable bonds is 7. The number of carbonyl (C=O) groups is 1. The summed E-state index contributed by atoms with van der Waals surface area (Å²) >= 11 is 17.8. The highest BCUT2D eigenvalue weighted by atomic mass is 35.6. The number of ether oxygens (including phenoxy) is 1. The van der Waals surface area contributed by atoms with Crippen molar-refractivity contribution in [2.75, 3.05) is 11.9 Å². The molecule has 1 amide bonds. The molecule has 1 atom stereocenters. The second kappa shape index (κ2) is 8.70. The lowest BCUT2D eigenvalue weighted by Gasteiger charge is -2.27. The van der Waals surface area contributed by atoms with Crippen LogP contribution in [0.1, 0.15) is 27.2 Å². The van der Waals surface area contributed by atoms with Gasteiger partial charge < -0.3 is 15.4 Å². The lowest BCUT2D eigenvalue weighted by atomic mass is 10.1. The summed E-state index contributed by atoms with van der Waals surface area (Å²) in [5.74, 6) is 0.800. The zero-order chi connectivity index (χ0) is 16.8. The molecule has 0 unspecified atom stereocenters. The van der Waals surface area contributed by atoms with Crippen molar-refractivity contribution < 1.29 is 9.53 Å². The highest BCUT2D eigenvalue weighted by Gasteiger charge is 2.34. The third kappa shape index (κ3) is 6.95. The summed E-state index contributed by atoms with van der Waals surface area (Å²) in [6.45, 7) is 6.40. The Kier molecular flexibility index (Phi) is 7.60. The monoisotopic (exact) mass is 366 g/mol. The molecule has 124 valence electrons. The first-order chi connectivity index (χ1) is 10.2. The molecule has 7 heteroatoms. The van der Waals surface area contributed by atoms with E-state index in [1.165, 1.54) is 0 Å². The van der Waals surface area contributed by atoms with E-state index in [-0.39, 0.29) is 11.8 Å². The molecule has 0 fully saturated rings. The van der Waals surface area contributed by atoms with E-state index < -0.39 is 9.96 Å². The van der Waals surface area contributed by atoms with Crippen LogP contribution in [0.4, 0.5) is 5.69 Å². The largest absolute Gasteiger partial charge is 0.494 e. The molecule has 0 heterocycles. The number of benzene rings is 1. The van der Waals surface area contributed by atoms with E-state index in [0.717, 1.165) is 5.75 Å². The smallest absolute Gasteiger partial charge is 0.228 e. The minimum Gasteiger partial charge on any atom is -0.494 e. The molecule has 1 rings (SSSR count). The Hall–Kier alpha value is -0.840. The highest BCUT2D eigenvalue weighted by Crippen LogP contribution is 2.31. The van der Waals surface area contributed by atoms with Crippen molar-refractivity contribution in [2.45, 2.75) is 37.2 Å². The number of alkyl halides is 3. The molecular weight excluding hydrogens is 347 g/mol. The summed E-state index contributed by atoms with van der Waals surface area (Å²) in [6.07, 6.45) is -0.468. The Balaban J connectivity index is 2.74. The number of amides is 1. The molecule has 0 aliphatic heterocycles. The zero-order valence-corrected chi connectivity index (χ0v) is 15.1. The first-order valence-corrected chi connectivity index (χ1v) is 8.21. The fourth-order valence-electron chi connectivity index (χ4n) is 1.77. The van der Waals surface area contributed by atoms with Crippen molar-refractivity contribution in [1.82, 2.24) is 5.32 Å². The molecule has 22 heavy (non-hydrogen) atoms. The lowest BCUT2D eigenvalue weighted by Crippen LogP contribution is -2.49. The van der Waals surface area contributed by atoms with Crippen LogP contribution in [0.5, 0.6) is 5.75 Å². The Bertz CT molecular complexity index is 473. The van der Waals surface area contributed by atoms with Crippen molar-refractivity contribution >= 4 is 46.4 Å². The molecule has 0 aliphatic carbocycles. The quantitative estimate of drug-likeness (QED) is 0.556. The van der Waals surface area contributed by atoms with Crippen LogP contribution in [-0.2, 0) is 4.79 Å². The van der Waals surface area contributed by atoms with Crippen LogP contribution >= 0.6 is 34.8 Å². The van der Waals surface area contributed by atoms with Crippen LogP contribution in [0, 0.1) is 5.92 Å². The van der Waals surface area contributed by atoms with Crippen LogP contribution in [0.3, 0.4) is 0 Å². The molecule has 0 aromatic heterocycles. The van der Waals surface area contributed by atoms with E-state index in [9.17, 15) is 4.79 Å². The van der Waals surface area contributed by atoms with Crippen LogP contribution in [-0.4, -0.2) is 22.5 Å². The van der Waals surface area contributed by atoms with Gasteiger partial charge in [0.05, 0.1) is 6.61 Å². The Morgan fingerprint density at radius 3 is 2.27 bits per heavy atom. The van der Waals surface area contributed by atoms with Gasteiger partial charge in [0.15, 0.2) is 0 Å². The Morgan fingerprint density at radius 1 is 1.23 bits per heavy atom.